The molecule has 132 valence electrons. The van der Waals surface area contributed by atoms with Crippen LogP contribution in [0.1, 0.15) is 35.3 Å². The molecule has 1 amide bonds. The van der Waals surface area contributed by atoms with E-state index in [2.05, 4.69) is 4.98 Å². The molecule has 1 unspecified atom stereocenters. The van der Waals surface area contributed by atoms with Gasteiger partial charge in [-0.15, -0.1) is 0 Å². The highest BCUT2D eigenvalue weighted by molar-refractivity contribution is 8.00. The summed E-state index contributed by atoms with van der Waals surface area (Å²) in [4.78, 5) is 16.1. The number of anilines is 1. The molecule has 26 heavy (non-hydrogen) atoms. The van der Waals surface area contributed by atoms with E-state index in [0.29, 0.717) is 18.6 Å². The van der Waals surface area contributed by atoms with Crippen LogP contribution in [0, 0.1) is 22.7 Å². The number of amides is 1. The fourth-order valence-electron chi connectivity index (χ4n) is 2.23. The number of ether oxygens (including phenoxy) is 1. The van der Waals surface area contributed by atoms with Crippen molar-refractivity contribution in [3.05, 3.63) is 47.0 Å². The number of hydrogen-bond acceptors (Lipinski definition) is 7. The van der Waals surface area contributed by atoms with Crippen molar-refractivity contribution in [2.75, 3.05) is 12.3 Å². The number of nitrogens with two attached hydrogens (primary N) is 2. The molecule has 0 bridgehead atoms. The van der Waals surface area contributed by atoms with Crippen molar-refractivity contribution in [1.29, 1.82) is 10.5 Å². The third-order valence-electron chi connectivity index (χ3n) is 3.41. The van der Waals surface area contributed by atoms with Gasteiger partial charge in [0, 0.05) is 0 Å². The molecule has 2 aromatic rings. The maximum absolute atomic E-state index is 11.9. The number of primary amides is 1. The topological polar surface area (TPSA) is 139 Å². The lowest BCUT2D eigenvalue weighted by Crippen LogP contribution is -2.19. The van der Waals surface area contributed by atoms with E-state index in [9.17, 15) is 15.3 Å². The zero-order valence-corrected chi connectivity index (χ0v) is 14.9. The number of thioether (sulfide) groups is 1. The van der Waals surface area contributed by atoms with Gasteiger partial charge in [0.2, 0.25) is 5.91 Å². The number of benzene rings is 1. The van der Waals surface area contributed by atoms with Crippen molar-refractivity contribution in [1.82, 2.24) is 4.98 Å². The number of hydrogen-bond donors (Lipinski definition) is 2. The Hall–Kier alpha value is -3.23. The number of pyridine rings is 1. The summed E-state index contributed by atoms with van der Waals surface area (Å²) in [7, 11) is 0. The second-order valence-electron chi connectivity index (χ2n) is 5.26. The lowest BCUT2D eigenvalue weighted by Gasteiger charge is -2.17. The van der Waals surface area contributed by atoms with E-state index in [0.717, 1.165) is 11.8 Å². The summed E-state index contributed by atoms with van der Waals surface area (Å²) in [6.07, 6.45) is 0.689. The van der Waals surface area contributed by atoms with Crippen LogP contribution in [-0.4, -0.2) is 17.5 Å². The maximum atomic E-state index is 11.9. The third kappa shape index (κ3) is 4.05. The Morgan fingerprint density at radius 3 is 2.46 bits per heavy atom. The standard InChI is InChI=1S/C18H17N5O2S/c1-2-8-25-14-12(9-19)16(21)23-18(13(14)10-20)26-15(17(22)24)11-6-4-3-5-7-11/h3-7,15H,2,8H2,1H3,(H2,21,23)(H2,22,24). The zero-order chi connectivity index (χ0) is 19.1. The minimum atomic E-state index is -0.762. The van der Waals surface area contributed by atoms with Crippen LogP contribution in [0.5, 0.6) is 5.75 Å². The third-order valence-corrected chi connectivity index (χ3v) is 4.67. The molecule has 0 aliphatic carbocycles. The van der Waals surface area contributed by atoms with E-state index in [-0.39, 0.29) is 27.7 Å². The number of nitrogen functional groups attached to an aromatic ring is 1. The Balaban J connectivity index is 2.55. The van der Waals surface area contributed by atoms with Crippen molar-refractivity contribution in [3.63, 3.8) is 0 Å². The molecule has 0 saturated heterocycles. The number of nitrogens with zero attached hydrogens (tertiary/aromatic N) is 3. The van der Waals surface area contributed by atoms with Gasteiger partial charge in [-0.2, -0.15) is 10.5 Å². The molecular weight excluding hydrogens is 350 g/mol. The molecule has 0 fully saturated rings. The molecule has 0 saturated carbocycles. The van der Waals surface area contributed by atoms with Crippen LogP contribution < -0.4 is 16.2 Å². The molecule has 0 radical (unpaired) electrons. The number of rotatable bonds is 7. The fraction of sp³-hybridized carbons (Fsp3) is 0.222. The van der Waals surface area contributed by atoms with Gasteiger partial charge < -0.3 is 16.2 Å². The summed E-state index contributed by atoms with van der Waals surface area (Å²) in [6.45, 7) is 2.21. The van der Waals surface area contributed by atoms with Gasteiger partial charge >= 0.3 is 0 Å². The molecule has 4 N–H and O–H groups in total. The molecule has 1 atom stereocenters. The van der Waals surface area contributed by atoms with Crippen LogP contribution in [0.3, 0.4) is 0 Å². The lowest BCUT2D eigenvalue weighted by molar-refractivity contribution is -0.117. The van der Waals surface area contributed by atoms with Crippen LogP contribution >= 0.6 is 11.8 Å². The summed E-state index contributed by atoms with van der Waals surface area (Å²) >= 11 is 1.00. The Bertz CT molecular complexity index is 887. The molecular formula is C18H17N5O2S. The van der Waals surface area contributed by atoms with Crippen molar-refractivity contribution >= 4 is 23.5 Å². The summed E-state index contributed by atoms with van der Waals surface area (Å²) < 4.78 is 5.57. The minimum absolute atomic E-state index is 0.00897. The van der Waals surface area contributed by atoms with E-state index >= 15 is 0 Å². The van der Waals surface area contributed by atoms with Gasteiger partial charge in [-0.1, -0.05) is 49.0 Å². The Morgan fingerprint density at radius 1 is 1.27 bits per heavy atom. The number of carbonyl (C=O) groups is 1. The average molecular weight is 367 g/mol. The van der Waals surface area contributed by atoms with Crippen molar-refractivity contribution in [3.8, 4) is 17.9 Å². The molecule has 2 rings (SSSR count). The second-order valence-corrected chi connectivity index (χ2v) is 6.36. The van der Waals surface area contributed by atoms with Gasteiger partial charge in [0.05, 0.1) is 6.61 Å². The van der Waals surface area contributed by atoms with Gasteiger partial charge in [-0.05, 0) is 12.0 Å². The maximum Gasteiger partial charge on any atom is 0.235 e. The Labute approximate surface area is 155 Å². The average Bonchev–Trinajstić information content (AvgIpc) is 2.64. The smallest absolute Gasteiger partial charge is 0.235 e. The molecule has 0 aliphatic rings. The van der Waals surface area contributed by atoms with Gasteiger partial charge in [-0.3, -0.25) is 4.79 Å². The summed E-state index contributed by atoms with van der Waals surface area (Å²) in [5.41, 5.74) is 12.2. The predicted octanol–water partition coefficient (Wildman–Crippen LogP) is 2.51. The molecule has 0 aliphatic heterocycles. The largest absolute Gasteiger partial charge is 0.491 e. The van der Waals surface area contributed by atoms with E-state index in [4.69, 9.17) is 16.2 Å². The number of carbonyl (C=O) groups excluding carboxylic acids is 1. The first-order valence-electron chi connectivity index (χ1n) is 7.80. The van der Waals surface area contributed by atoms with E-state index in [1.54, 1.807) is 24.3 Å². The second kappa shape index (κ2) is 8.75. The SMILES string of the molecule is CCCOc1c(C#N)c(N)nc(SC(C(N)=O)c2ccccc2)c1C#N. The van der Waals surface area contributed by atoms with Crippen LogP contribution in [0.4, 0.5) is 5.82 Å². The van der Waals surface area contributed by atoms with Gasteiger partial charge in [0.15, 0.2) is 5.75 Å². The van der Waals surface area contributed by atoms with Crippen LogP contribution in [0.2, 0.25) is 0 Å². The number of aromatic nitrogens is 1. The van der Waals surface area contributed by atoms with Crippen molar-refractivity contribution in [2.24, 2.45) is 5.73 Å². The summed E-state index contributed by atoms with van der Waals surface area (Å²) in [5, 5.41) is 18.3. The normalized spacial score (nSPS) is 11.2. The Morgan fingerprint density at radius 2 is 1.92 bits per heavy atom. The first kappa shape index (κ1) is 19.1. The summed E-state index contributed by atoms with van der Waals surface area (Å²) in [5.74, 6) is -0.551. The molecule has 1 heterocycles. The first-order valence-corrected chi connectivity index (χ1v) is 8.68. The highest BCUT2D eigenvalue weighted by Gasteiger charge is 2.26. The van der Waals surface area contributed by atoms with Gasteiger partial charge in [0.25, 0.3) is 0 Å². The monoisotopic (exact) mass is 367 g/mol. The van der Waals surface area contributed by atoms with Gasteiger partial charge in [-0.25, -0.2) is 4.98 Å². The highest BCUT2D eigenvalue weighted by Crippen LogP contribution is 2.40. The van der Waals surface area contributed by atoms with E-state index < -0.39 is 11.2 Å². The Kier molecular flexibility index (Phi) is 6.42. The quantitative estimate of drug-likeness (QED) is 0.717. The van der Waals surface area contributed by atoms with Crippen molar-refractivity contribution < 1.29 is 9.53 Å². The first-order chi connectivity index (χ1) is 12.5. The van der Waals surface area contributed by atoms with Crippen LogP contribution in [0.15, 0.2) is 35.4 Å². The van der Waals surface area contributed by atoms with Crippen LogP contribution in [-0.2, 0) is 4.79 Å². The summed E-state index contributed by atoms with van der Waals surface area (Å²) in [6, 6.07) is 12.8. The molecule has 8 heteroatoms. The molecule has 0 spiro atoms. The lowest BCUT2D eigenvalue weighted by atomic mass is 10.1. The van der Waals surface area contributed by atoms with E-state index in [1.807, 2.05) is 25.1 Å². The zero-order valence-electron chi connectivity index (χ0n) is 14.1. The van der Waals surface area contributed by atoms with Crippen molar-refractivity contribution in [2.45, 2.75) is 23.6 Å². The minimum Gasteiger partial charge on any atom is -0.491 e. The van der Waals surface area contributed by atoms with Gasteiger partial charge in [0.1, 0.15) is 39.4 Å². The molecule has 7 nitrogen and oxygen atoms in total. The molecule has 1 aromatic carbocycles. The van der Waals surface area contributed by atoms with Crippen LogP contribution in [0.25, 0.3) is 0 Å². The fourth-order valence-corrected chi connectivity index (χ4v) is 3.27. The van der Waals surface area contributed by atoms with E-state index in [1.165, 1.54) is 0 Å². The molecule has 1 aromatic heterocycles. The predicted molar refractivity (Wildman–Crippen MR) is 98.1 cm³/mol. The highest BCUT2D eigenvalue weighted by atomic mass is 32.2. The number of nitriles is 2.